The summed E-state index contributed by atoms with van der Waals surface area (Å²) in [6, 6.07) is 15.2. The molecule has 0 radical (unpaired) electrons. The minimum atomic E-state index is -0.889. The third-order valence-corrected chi connectivity index (χ3v) is 5.65. The van der Waals surface area contributed by atoms with Gasteiger partial charge in [0.05, 0.1) is 30.7 Å². The molecule has 160 valence electrons. The Kier molecular flexibility index (Phi) is 6.11. The predicted octanol–water partition coefficient (Wildman–Crippen LogP) is 2.91. The van der Waals surface area contributed by atoms with Crippen molar-refractivity contribution in [2.24, 2.45) is 0 Å². The Morgan fingerprint density at radius 2 is 1.97 bits per heavy atom. The van der Waals surface area contributed by atoms with Gasteiger partial charge in [0.15, 0.2) is 6.10 Å². The number of rotatable bonds is 6. The molecule has 1 aliphatic carbocycles. The van der Waals surface area contributed by atoms with Crippen molar-refractivity contribution in [3.63, 3.8) is 0 Å². The number of fused-ring (bicyclic) bond motifs is 2. The van der Waals surface area contributed by atoms with Gasteiger partial charge in [-0.05, 0) is 49.4 Å². The van der Waals surface area contributed by atoms with Gasteiger partial charge in [-0.1, -0.05) is 36.4 Å². The Labute approximate surface area is 180 Å². The van der Waals surface area contributed by atoms with Crippen molar-refractivity contribution in [1.82, 2.24) is 15.1 Å². The number of aryl methyl sites for hydroxylation is 2. The van der Waals surface area contributed by atoms with Crippen LogP contribution in [0.2, 0.25) is 0 Å². The number of nitrogens with one attached hydrogen (secondary N) is 1. The van der Waals surface area contributed by atoms with Gasteiger partial charge in [0.2, 0.25) is 5.43 Å². The van der Waals surface area contributed by atoms with Gasteiger partial charge in [-0.15, -0.1) is 0 Å². The minimum Gasteiger partial charge on any atom is -0.452 e. The molecule has 0 fully saturated rings. The highest BCUT2D eigenvalue weighted by Crippen LogP contribution is 2.29. The van der Waals surface area contributed by atoms with Crippen molar-refractivity contribution in [2.75, 3.05) is 0 Å². The van der Waals surface area contributed by atoms with Crippen LogP contribution in [0.4, 0.5) is 0 Å². The summed E-state index contributed by atoms with van der Waals surface area (Å²) in [7, 11) is 0. The van der Waals surface area contributed by atoms with E-state index in [2.05, 4.69) is 16.5 Å². The summed E-state index contributed by atoms with van der Waals surface area (Å²) >= 11 is 0. The molecule has 7 nitrogen and oxygen atoms in total. The minimum absolute atomic E-state index is 0.0454. The molecule has 0 aliphatic heterocycles. The van der Waals surface area contributed by atoms with Crippen molar-refractivity contribution in [2.45, 2.75) is 51.3 Å². The molecule has 2 aromatic carbocycles. The Morgan fingerprint density at radius 1 is 1.19 bits per heavy atom. The smallest absolute Gasteiger partial charge is 0.308 e. The first kappa shape index (κ1) is 20.8. The lowest BCUT2D eigenvalue weighted by molar-refractivity contribution is -0.155. The number of para-hydroxylation sites is 1. The van der Waals surface area contributed by atoms with E-state index in [1.807, 2.05) is 24.3 Å². The Morgan fingerprint density at radius 3 is 2.84 bits per heavy atom. The number of hydrogen-bond acceptors (Lipinski definition) is 5. The largest absolute Gasteiger partial charge is 0.452 e. The molecular weight excluding hydrogens is 394 g/mol. The van der Waals surface area contributed by atoms with Gasteiger partial charge in [-0.3, -0.25) is 19.1 Å². The molecule has 0 saturated carbocycles. The average molecular weight is 419 g/mol. The average Bonchev–Trinajstić information content (AvgIpc) is 2.79. The van der Waals surface area contributed by atoms with Crippen LogP contribution < -0.4 is 10.7 Å². The van der Waals surface area contributed by atoms with Gasteiger partial charge in [-0.25, -0.2) is 0 Å². The van der Waals surface area contributed by atoms with Gasteiger partial charge >= 0.3 is 5.97 Å². The molecule has 0 saturated heterocycles. The number of esters is 1. The number of carbonyl (C=O) groups excluding carboxylic acids is 2. The monoisotopic (exact) mass is 419 g/mol. The molecule has 1 N–H and O–H groups in total. The van der Waals surface area contributed by atoms with E-state index < -0.39 is 12.1 Å². The number of carbonyl (C=O) groups is 2. The van der Waals surface area contributed by atoms with E-state index in [0.29, 0.717) is 10.9 Å². The predicted molar refractivity (Wildman–Crippen MR) is 116 cm³/mol. The number of nitrogens with zero attached hydrogens (tertiary/aromatic N) is 2. The fourth-order valence-corrected chi connectivity index (χ4v) is 4.04. The molecule has 1 amide bonds. The highest BCUT2D eigenvalue weighted by Gasteiger charge is 2.25. The van der Waals surface area contributed by atoms with Crippen LogP contribution in [0.5, 0.6) is 0 Å². The molecule has 0 unspecified atom stereocenters. The molecule has 31 heavy (non-hydrogen) atoms. The van der Waals surface area contributed by atoms with Crippen molar-refractivity contribution in [3.8, 4) is 0 Å². The number of aromatic nitrogens is 2. The number of hydrogen-bond donors (Lipinski definition) is 1. The maximum atomic E-state index is 12.6. The number of benzene rings is 2. The van der Waals surface area contributed by atoms with E-state index in [4.69, 9.17) is 4.74 Å². The van der Waals surface area contributed by atoms with Gasteiger partial charge in [0.25, 0.3) is 5.91 Å². The summed E-state index contributed by atoms with van der Waals surface area (Å²) in [5.74, 6) is -0.793. The van der Waals surface area contributed by atoms with E-state index in [1.165, 1.54) is 11.8 Å². The molecular formula is C24H25N3O4. The van der Waals surface area contributed by atoms with E-state index in [0.717, 1.165) is 24.8 Å². The molecule has 4 rings (SSSR count). The van der Waals surface area contributed by atoms with E-state index in [1.54, 1.807) is 29.8 Å². The van der Waals surface area contributed by atoms with Gasteiger partial charge in [-0.2, -0.15) is 5.10 Å². The zero-order chi connectivity index (χ0) is 21.8. The maximum Gasteiger partial charge on any atom is 0.308 e. The van der Waals surface area contributed by atoms with Crippen LogP contribution >= 0.6 is 0 Å². The summed E-state index contributed by atoms with van der Waals surface area (Å²) in [6.45, 7) is 1.83. The van der Waals surface area contributed by atoms with Crippen molar-refractivity contribution >= 4 is 22.8 Å². The second-order valence-corrected chi connectivity index (χ2v) is 7.78. The van der Waals surface area contributed by atoms with Gasteiger partial charge < -0.3 is 10.1 Å². The second kappa shape index (κ2) is 9.12. The van der Waals surface area contributed by atoms with Crippen LogP contribution in [-0.4, -0.2) is 27.8 Å². The Balaban J connectivity index is 1.34. The fraction of sp³-hybridized carbons (Fsp3) is 0.333. The normalized spacial score (nSPS) is 16.4. The van der Waals surface area contributed by atoms with Crippen molar-refractivity contribution in [3.05, 3.63) is 76.1 Å². The quantitative estimate of drug-likeness (QED) is 0.621. The zero-order valence-corrected chi connectivity index (χ0v) is 17.4. The van der Waals surface area contributed by atoms with Crippen molar-refractivity contribution in [1.29, 1.82) is 0 Å². The molecule has 0 spiro atoms. The lowest BCUT2D eigenvalue weighted by atomic mass is 9.87. The van der Waals surface area contributed by atoms with Crippen LogP contribution in [0.25, 0.3) is 10.9 Å². The molecule has 3 aromatic rings. The first-order chi connectivity index (χ1) is 15.0. The van der Waals surface area contributed by atoms with Crippen LogP contribution in [0, 0.1) is 0 Å². The Bertz CT molecular complexity index is 1170. The molecule has 1 aromatic heterocycles. The third-order valence-electron chi connectivity index (χ3n) is 5.65. The van der Waals surface area contributed by atoms with E-state index in [9.17, 15) is 14.4 Å². The summed E-state index contributed by atoms with van der Waals surface area (Å²) in [5.41, 5.74) is 2.88. The SMILES string of the molecule is C[C@H](OC(=O)CCn1ncc(=O)c2ccccc21)C(=O)N[C@@H]1CCCc2ccccc21. The summed E-state index contributed by atoms with van der Waals surface area (Å²) in [4.78, 5) is 36.8. The van der Waals surface area contributed by atoms with Crippen LogP contribution in [-0.2, 0) is 27.3 Å². The number of amides is 1. The topological polar surface area (TPSA) is 90.3 Å². The lowest BCUT2D eigenvalue weighted by Crippen LogP contribution is -2.39. The first-order valence-electron chi connectivity index (χ1n) is 10.6. The zero-order valence-electron chi connectivity index (χ0n) is 17.4. The van der Waals surface area contributed by atoms with Crippen molar-refractivity contribution < 1.29 is 14.3 Å². The summed E-state index contributed by atoms with van der Waals surface area (Å²) in [6.07, 6.45) is 3.29. The first-order valence-corrected chi connectivity index (χ1v) is 10.6. The van der Waals surface area contributed by atoms with E-state index >= 15 is 0 Å². The second-order valence-electron chi connectivity index (χ2n) is 7.78. The fourth-order valence-electron chi connectivity index (χ4n) is 4.04. The van der Waals surface area contributed by atoms with Gasteiger partial charge in [0.1, 0.15) is 0 Å². The summed E-state index contributed by atoms with van der Waals surface area (Å²) in [5, 5.41) is 7.67. The Hall–Kier alpha value is -3.48. The molecule has 1 heterocycles. The number of ether oxygens (including phenoxy) is 1. The molecule has 0 bridgehead atoms. The highest BCUT2D eigenvalue weighted by molar-refractivity contribution is 5.84. The van der Waals surface area contributed by atoms with Crippen LogP contribution in [0.1, 0.15) is 43.4 Å². The van der Waals surface area contributed by atoms with Crippen LogP contribution in [0.15, 0.2) is 59.5 Å². The lowest BCUT2D eigenvalue weighted by Gasteiger charge is -2.27. The molecule has 1 aliphatic rings. The highest BCUT2D eigenvalue weighted by atomic mass is 16.5. The summed E-state index contributed by atoms with van der Waals surface area (Å²) < 4.78 is 6.94. The standard InChI is InChI=1S/C24H25N3O4/c1-16(24(30)26-20-11-6-8-17-7-2-3-9-18(17)20)31-23(29)13-14-27-21-12-5-4-10-19(21)22(28)15-25-27/h2-5,7,9-10,12,15-16,20H,6,8,11,13-14H2,1H3,(H,26,30)/t16-,20+/m0/s1. The van der Waals surface area contributed by atoms with Crippen LogP contribution in [0.3, 0.4) is 0 Å². The van der Waals surface area contributed by atoms with E-state index in [-0.39, 0.29) is 30.3 Å². The maximum absolute atomic E-state index is 12.6. The molecule has 2 atom stereocenters. The molecule has 7 heteroatoms. The van der Waals surface area contributed by atoms with Gasteiger partial charge in [0, 0.05) is 5.39 Å². The third kappa shape index (κ3) is 4.66.